The third-order valence-corrected chi connectivity index (χ3v) is 4.74. The Hall–Kier alpha value is -1.06. The maximum atomic E-state index is 12.3. The lowest BCUT2D eigenvalue weighted by atomic mass is 9.90. The van der Waals surface area contributed by atoms with Gasteiger partial charge in [-0.25, -0.2) is 0 Å². The molecule has 4 heteroatoms. The van der Waals surface area contributed by atoms with Crippen molar-refractivity contribution in [1.29, 1.82) is 0 Å². The maximum absolute atomic E-state index is 12.3. The number of halogens is 1. The van der Waals surface area contributed by atoms with Gasteiger partial charge in [-0.1, -0.05) is 18.2 Å². The second-order valence-electron chi connectivity index (χ2n) is 6.22. The van der Waals surface area contributed by atoms with Gasteiger partial charge in [0.15, 0.2) is 0 Å². The summed E-state index contributed by atoms with van der Waals surface area (Å²) in [6, 6.07) is 6.62. The van der Waals surface area contributed by atoms with E-state index in [1.165, 1.54) is 42.4 Å². The van der Waals surface area contributed by atoms with Crippen molar-refractivity contribution in [3.63, 3.8) is 0 Å². The van der Waals surface area contributed by atoms with Crippen LogP contribution in [0.4, 0.5) is 0 Å². The van der Waals surface area contributed by atoms with Gasteiger partial charge in [-0.05, 0) is 61.3 Å². The Kier molecular flexibility index (Phi) is 5.65. The van der Waals surface area contributed by atoms with Crippen LogP contribution in [0.1, 0.15) is 36.0 Å². The summed E-state index contributed by atoms with van der Waals surface area (Å²) >= 11 is 0. The minimum absolute atomic E-state index is 0. The fourth-order valence-corrected chi connectivity index (χ4v) is 3.43. The minimum Gasteiger partial charge on any atom is -0.342 e. The molecule has 0 radical (unpaired) electrons. The van der Waals surface area contributed by atoms with Crippen LogP contribution in [0.25, 0.3) is 0 Å². The summed E-state index contributed by atoms with van der Waals surface area (Å²) in [5.41, 5.74) is 9.80. The smallest absolute Gasteiger partial charge is 0.226 e. The number of hydrogen-bond acceptors (Lipinski definition) is 2. The number of fused-ring (bicyclic) bond motifs is 1. The first-order valence-corrected chi connectivity index (χ1v) is 7.85. The van der Waals surface area contributed by atoms with Gasteiger partial charge in [-0.15, -0.1) is 12.4 Å². The molecule has 0 aromatic heterocycles. The fourth-order valence-electron chi connectivity index (χ4n) is 3.43. The van der Waals surface area contributed by atoms with Gasteiger partial charge in [0.1, 0.15) is 0 Å². The predicted molar refractivity (Wildman–Crippen MR) is 87.8 cm³/mol. The van der Waals surface area contributed by atoms with E-state index in [-0.39, 0.29) is 18.3 Å². The van der Waals surface area contributed by atoms with E-state index in [9.17, 15) is 4.79 Å². The van der Waals surface area contributed by atoms with Gasteiger partial charge in [0.25, 0.3) is 0 Å². The highest BCUT2D eigenvalue weighted by Gasteiger charge is 2.25. The van der Waals surface area contributed by atoms with E-state index in [0.29, 0.717) is 18.9 Å². The van der Waals surface area contributed by atoms with Crippen molar-refractivity contribution in [2.75, 3.05) is 19.6 Å². The van der Waals surface area contributed by atoms with Crippen molar-refractivity contribution in [3.8, 4) is 0 Å². The number of amides is 1. The zero-order valence-corrected chi connectivity index (χ0v) is 13.3. The summed E-state index contributed by atoms with van der Waals surface area (Å²) in [6.07, 6.45) is 6.58. The molecule has 2 aliphatic rings. The number of rotatable bonds is 3. The number of benzene rings is 1. The van der Waals surface area contributed by atoms with E-state index in [0.717, 1.165) is 19.5 Å². The molecule has 1 heterocycles. The first kappa shape index (κ1) is 16.3. The predicted octanol–water partition coefficient (Wildman–Crippen LogP) is 2.34. The van der Waals surface area contributed by atoms with Gasteiger partial charge in [-0.3, -0.25) is 4.79 Å². The highest BCUT2D eigenvalue weighted by Crippen LogP contribution is 2.23. The summed E-state index contributed by atoms with van der Waals surface area (Å²) < 4.78 is 0. The Bertz CT molecular complexity index is 504. The molecular formula is C17H25ClN2O. The van der Waals surface area contributed by atoms with Crippen LogP contribution in [0.2, 0.25) is 0 Å². The molecule has 1 saturated heterocycles. The van der Waals surface area contributed by atoms with Gasteiger partial charge in [0, 0.05) is 13.1 Å². The fraction of sp³-hybridized carbons (Fsp3) is 0.588. The van der Waals surface area contributed by atoms with E-state index >= 15 is 0 Å². The van der Waals surface area contributed by atoms with Crippen molar-refractivity contribution >= 4 is 18.3 Å². The Labute approximate surface area is 133 Å². The zero-order chi connectivity index (χ0) is 13.9. The maximum Gasteiger partial charge on any atom is 0.226 e. The molecule has 1 atom stereocenters. The summed E-state index contributed by atoms with van der Waals surface area (Å²) in [6.45, 7) is 2.43. The average molecular weight is 309 g/mol. The molecule has 0 saturated carbocycles. The molecule has 116 valence electrons. The summed E-state index contributed by atoms with van der Waals surface area (Å²) in [5.74, 6) is 0.763. The van der Waals surface area contributed by atoms with Crippen molar-refractivity contribution in [1.82, 2.24) is 4.90 Å². The summed E-state index contributed by atoms with van der Waals surface area (Å²) in [5, 5.41) is 0. The van der Waals surface area contributed by atoms with Crippen LogP contribution in [0.5, 0.6) is 0 Å². The number of nitrogens with zero attached hydrogens (tertiary/aromatic N) is 1. The standard InChI is InChI=1S/C17H24N2O.ClH/c18-11-14-7-8-19(12-14)17(20)10-13-5-6-15-3-1-2-4-16(15)9-13;/h5-6,9,14H,1-4,7-8,10-12,18H2;1H. The Morgan fingerprint density at radius 3 is 2.71 bits per heavy atom. The number of carbonyl (C=O) groups excluding carboxylic acids is 1. The molecule has 2 N–H and O–H groups in total. The number of hydrogen-bond donors (Lipinski definition) is 1. The molecular weight excluding hydrogens is 284 g/mol. The number of carbonyl (C=O) groups is 1. The lowest BCUT2D eigenvalue weighted by Gasteiger charge is -2.19. The van der Waals surface area contributed by atoms with Crippen molar-refractivity contribution in [2.45, 2.75) is 38.5 Å². The highest BCUT2D eigenvalue weighted by molar-refractivity contribution is 5.85. The second kappa shape index (κ2) is 7.28. The number of likely N-dealkylation sites (tertiary alicyclic amines) is 1. The molecule has 1 aliphatic carbocycles. The third-order valence-electron chi connectivity index (χ3n) is 4.74. The van der Waals surface area contributed by atoms with E-state index in [1.54, 1.807) is 0 Å². The molecule has 3 rings (SSSR count). The normalized spacial score (nSPS) is 20.8. The van der Waals surface area contributed by atoms with Crippen LogP contribution in [-0.4, -0.2) is 30.4 Å². The molecule has 3 nitrogen and oxygen atoms in total. The lowest BCUT2D eigenvalue weighted by molar-refractivity contribution is -0.129. The average Bonchev–Trinajstić information content (AvgIpc) is 2.96. The molecule has 1 aromatic carbocycles. The molecule has 21 heavy (non-hydrogen) atoms. The van der Waals surface area contributed by atoms with Gasteiger partial charge >= 0.3 is 0 Å². The van der Waals surface area contributed by atoms with E-state index < -0.39 is 0 Å². The van der Waals surface area contributed by atoms with Crippen LogP contribution >= 0.6 is 12.4 Å². The molecule has 1 aliphatic heterocycles. The van der Waals surface area contributed by atoms with Crippen LogP contribution in [0, 0.1) is 5.92 Å². The largest absolute Gasteiger partial charge is 0.342 e. The minimum atomic E-state index is 0. The van der Waals surface area contributed by atoms with E-state index in [4.69, 9.17) is 5.73 Å². The van der Waals surface area contributed by atoms with Crippen molar-refractivity contribution in [3.05, 3.63) is 34.9 Å². The number of nitrogens with two attached hydrogens (primary N) is 1. The third kappa shape index (κ3) is 3.78. The SMILES string of the molecule is Cl.NCC1CCN(C(=O)Cc2ccc3c(c2)CCCC3)C1. The van der Waals surface area contributed by atoms with E-state index in [2.05, 4.69) is 18.2 Å². The first-order valence-electron chi connectivity index (χ1n) is 7.85. The highest BCUT2D eigenvalue weighted by atomic mass is 35.5. The molecule has 0 bridgehead atoms. The van der Waals surface area contributed by atoms with Crippen LogP contribution < -0.4 is 5.73 Å². The topological polar surface area (TPSA) is 46.3 Å². The summed E-state index contributed by atoms with van der Waals surface area (Å²) in [7, 11) is 0. The monoisotopic (exact) mass is 308 g/mol. The molecule has 1 unspecified atom stereocenters. The van der Waals surface area contributed by atoms with Gasteiger partial charge in [0.2, 0.25) is 5.91 Å². The van der Waals surface area contributed by atoms with Gasteiger partial charge < -0.3 is 10.6 Å². The molecule has 1 amide bonds. The zero-order valence-electron chi connectivity index (χ0n) is 12.5. The quantitative estimate of drug-likeness (QED) is 0.931. The van der Waals surface area contributed by atoms with Crippen LogP contribution in [0.15, 0.2) is 18.2 Å². The van der Waals surface area contributed by atoms with Crippen molar-refractivity contribution in [2.24, 2.45) is 11.7 Å². The Morgan fingerprint density at radius 2 is 2.00 bits per heavy atom. The van der Waals surface area contributed by atoms with Gasteiger partial charge in [-0.2, -0.15) is 0 Å². The molecule has 1 aromatic rings. The first-order chi connectivity index (χ1) is 9.76. The molecule has 0 spiro atoms. The van der Waals surface area contributed by atoms with Crippen molar-refractivity contribution < 1.29 is 4.79 Å². The number of aryl methyl sites for hydroxylation is 2. The van der Waals surface area contributed by atoms with Crippen LogP contribution in [0.3, 0.4) is 0 Å². The Morgan fingerprint density at radius 1 is 1.24 bits per heavy atom. The summed E-state index contributed by atoms with van der Waals surface area (Å²) in [4.78, 5) is 14.3. The Balaban J connectivity index is 0.00000161. The van der Waals surface area contributed by atoms with Crippen LogP contribution in [-0.2, 0) is 24.1 Å². The second-order valence-corrected chi connectivity index (χ2v) is 6.22. The molecule has 1 fully saturated rings. The van der Waals surface area contributed by atoms with E-state index in [1.807, 2.05) is 4.90 Å². The van der Waals surface area contributed by atoms with Gasteiger partial charge in [0.05, 0.1) is 6.42 Å². The lowest BCUT2D eigenvalue weighted by Crippen LogP contribution is -2.31.